The molecule has 3 aliphatic rings. The van der Waals surface area contributed by atoms with Crippen molar-refractivity contribution in [1.29, 1.82) is 0 Å². The van der Waals surface area contributed by atoms with Crippen LogP contribution >= 0.6 is 11.6 Å². The highest BCUT2D eigenvalue weighted by Gasteiger charge is 2.46. The molecule has 2 saturated heterocycles. The molecule has 9 rings (SSSR count). The van der Waals surface area contributed by atoms with E-state index in [9.17, 15) is 28.4 Å². The van der Waals surface area contributed by atoms with Gasteiger partial charge in [0.2, 0.25) is 11.8 Å². The number of rotatable bonds is 15. The number of nitrogens with zero attached hydrogens (tertiary/aromatic N) is 6. The first-order chi connectivity index (χ1) is 33.5. The Morgan fingerprint density at radius 3 is 2.24 bits per heavy atom. The topological polar surface area (TPSA) is 158 Å². The number of imide groups is 2. The van der Waals surface area contributed by atoms with Gasteiger partial charge in [0.15, 0.2) is 0 Å². The SMILES string of the molecule is Cc1nn(C)c(C)c1-c1c(Cl)ccc2c(CCCOc3cccc4cc(F)ccc34)c(C(=O)OC(C)(C)C)n(CCN3CCN(CCOc4cccc5c4C(=O)N(C4CCC(=O)NC4=O)C5=O)CC3)c12. The maximum atomic E-state index is 14.6. The number of nitrogens with one attached hydrogen (secondary N) is 1. The second-order valence-corrected chi connectivity index (χ2v) is 19.6. The summed E-state index contributed by atoms with van der Waals surface area (Å²) >= 11 is 7.20. The van der Waals surface area contributed by atoms with Crippen molar-refractivity contribution in [3.05, 3.63) is 111 Å². The zero-order valence-corrected chi connectivity index (χ0v) is 41.1. The summed E-state index contributed by atoms with van der Waals surface area (Å²) in [6, 6.07) is 17.9. The molecule has 4 aromatic carbocycles. The number of carbonyl (C=O) groups excluding carboxylic acids is 5. The lowest BCUT2D eigenvalue weighted by Crippen LogP contribution is -2.54. The van der Waals surface area contributed by atoms with Crippen LogP contribution < -0.4 is 14.8 Å². The van der Waals surface area contributed by atoms with E-state index in [2.05, 4.69) is 19.7 Å². The van der Waals surface area contributed by atoms with E-state index in [4.69, 9.17) is 30.9 Å². The summed E-state index contributed by atoms with van der Waals surface area (Å²) in [4.78, 5) is 71.5. The van der Waals surface area contributed by atoms with Crippen LogP contribution in [0.25, 0.3) is 32.8 Å². The Labute approximate surface area is 410 Å². The minimum atomic E-state index is -1.06. The fraction of sp³-hybridized carbons (Fsp3) is 0.396. The summed E-state index contributed by atoms with van der Waals surface area (Å²) in [5.74, 6) is -2.10. The average molecular weight is 975 g/mol. The lowest BCUT2D eigenvalue weighted by atomic mass is 9.98. The minimum absolute atomic E-state index is 0.0379. The Hall–Kier alpha value is -6.62. The van der Waals surface area contributed by atoms with Crippen LogP contribution in [-0.4, -0.2) is 123 Å². The van der Waals surface area contributed by atoms with E-state index < -0.39 is 41.2 Å². The molecule has 1 atom stereocenters. The largest absolute Gasteiger partial charge is 0.493 e. The second-order valence-electron chi connectivity index (χ2n) is 19.2. The van der Waals surface area contributed by atoms with Gasteiger partial charge >= 0.3 is 5.97 Å². The fourth-order valence-electron chi connectivity index (χ4n) is 10.1. The van der Waals surface area contributed by atoms with E-state index in [-0.39, 0.29) is 42.1 Å². The number of hydrogen-bond donors (Lipinski definition) is 1. The van der Waals surface area contributed by atoms with E-state index in [1.165, 1.54) is 12.1 Å². The molecule has 0 radical (unpaired) electrons. The summed E-state index contributed by atoms with van der Waals surface area (Å²) < 4.78 is 36.6. The molecule has 5 heterocycles. The van der Waals surface area contributed by atoms with Gasteiger partial charge < -0.3 is 18.8 Å². The quantitative estimate of drug-likeness (QED) is 0.0612. The van der Waals surface area contributed by atoms with E-state index in [1.54, 1.807) is 24.3 Å². The van der Waals surface area contributed by atoms with E-state index >= 15 is 0 Å². The van der Waals surface area contributed by atoms with E-state index in [0.717, 1.165) is 80.8 Å². The Balaban J connectivity index is 0.928. The number of fused-ring (bicyclic) bond motifs is 3. The number of carbonyl (C=O) groups is 5. The first-order valence-corrected chi connectivity index (χ1v) is 24.2. The molecular formula is C53H57ClFN7O8. The standard InChI is InChI=1S/C53H57ClFN7O8/c1-31-44(32(2)58(6)57-31)46-39(54)18-17-37-36(12-9-28-68-41-13-7-10-33-30-34(55)15-16-35(33)41)48(52(67)70-53(3,4)5)61(47(37)46)26-25-59-21-23-60(24-22-59)27-29-69-42-14-8-11-38-45(42)51(66)62(50(38)65)40-19-20-43(63)56-49(40)64/h7-8,10-11,13-18,30,40H,9,12,19-29H2,1-6H3,(H,56,63,64). The van der Waals surface area contributed by atoms with Crippen LogP contribution in [0.2, 0.25) is 5.02 Å². The summed E-state index contributed by atoms with van der Waals surface area (Å²) in [6.07, 6.45) is 1.18. The summed E-state index contributed by atoms with van der Waals surface area (Å²) in [7, 11) is 1.91. The van der Waals surface area contributed by atoms with E-state index in [1.807, 2.05) is 76.7 Å². The number of esters is 1. The molecule has 1 N–H and O–H groups in total. The summed E-state index contributed by atoms with van der Waals surface area (Å²) in [5, 5.41) is 9.99. The highest BCUT2D eigenvalue weighted by Crippen LogP contribution is 2.43. The monoisotopic (exact) mass is 973 g/mol. The maximum Gasteiger partial charge on any atom is 0.355 e. The third-order valence-electron chi connectivity index (χ3n) is 13.5. The smallest absolute Gasteiger partial charge is 0.355 e. The first-order valence-electron chi connectivity index (χ1n) is 23.8. The molecule has 4 amide bonds. The van der Waals surface area contributed by atoms with Crippen LogP contribution in [0.15, 0.2) is 66.7 Å². The highest BCUT2D eigenvalue weighted by molar-refractivity contribution is 6.35. The van der Waals surface area contributed by atoms with Crippen LogP contribution in [0.1, 0.15) is 88.2 Å². The molecular weight excluding hydrogens is 917 g/mol. The molecule has 0 saturated carbocycles. The Bertz CT molecular complexity index is 3080. The zero-order valence-electron chi connectivity index (χ0n) is 40.3. The normalized spacial score (nSPS) is 16.9. The van der Waals surface area contributed by atoms with Gasteiger partial charge in [0.05, 0.1) is 34.0 Å². The molecule has 0 spiro atoms. The number of piperazine rings is 1. The number of aromatic nitrogens is 3. The van der Waals surface area contributed by atoms with Gasteiger partial charge in [-0.15, -0.1) is 0 Å². The van der Waals surface area contributed by atoms with Crippen molar-refractivity contribution < 1.29 is 42.6 Å². The van der Waals surface area contributed by atoms with Crippen molar-refractivity contribution in [1.82, 2.24) is 34.4 Å². The van der Waals surface area contributed by atoms with Gasteiger partial charge in [-0.05, 0) is 107 Å². The van der Waals surface area contributed by atoms with Gasteiger partial charge in [0.25, 0.3) is 11.8 Å². The summed E-state index contributed by atoms with van der Waals surface area (Å²) in [5.41, 5.74) is 5.14. The van der Waals surface area contributed by atoms with Gasteiger partial charge in [-0.2, -0.15) is 5.10 Å². The fourth-order valence-corrected chi connectivity index (χ4v) is 10.3. The first kappa shape index (κ1) is 48.4. The molecule has 3 aliphatic heterocycles. The predicted octanol–water partition coefficient (Wildman–Crippen LogP) is 7.67. The molecule has 0 aliphatic carbocycles. The maximum absolute atomic E-state index is 14.6. The lowest BCUT2D eigenvalue weighted by molar-refractivity contribution is -0.136. The number of ether oxygens (including phenoxy) is 3. The zero-order chi connectivity index (χ0) is 49.6. The molecule has 17 heteroatoms. The van der Waals surface area contributed by atoms with Crippen LogP contribution in [-0.2, 0) is 34.3 Å². The van der Waals surface area contributed by atoms with Gasteiger partial charge in [-0.3, -0.25) is 43.9 Å². The van der Waals surface area contributed by atoms with E-state index in [0.29, 0.717) is 55.5 Å². The van der Waals surface area contributed by atoms with Crippen LogP contribution in [0.3, 0.4) is 0 Å². The number of benzene rings is 4. The van der Waals surface area contributed by atoms with Crippen LogP contribution in [0.5, 0.6) is 11.5 Å². The number of halogens is 2. The third kappa shape index (κ3) is 9.51. The number of piperidine rings is 1. The Morgan fingerprint density at radius 2 is 1.53 bits per heavy atom. The predicted molar refractivity (Wildman–Crippen MR) is 263 cm³/mol. The van der Waals surface area contributed by atoms with Gasteiger partial charge in [0.1, 0.15) is 41.3 Å². The lowest BCUT2D eigenvalue weighted by Gasteiger charge is -2.34. The number of aryl methyl sites for hydroxylation is 3. The summed E-state index contributed by atoms with van der Waals surface area (Å²) in [6.45, 7) is 14.8. The van der Waals surface area contributed by atoms with Crippen molar-refractivity contribution in [2.75, 3.05) is 52.5 Å². The Kier molecular flexibility index (Phi) is 13.6. The van der Waals surface area contributed by atoms with Gasteiger partial charge in [0, 0.05) is 86.9 Å². The molecule has 70 heavy (non-hydrogen) atoms. The van der Waals surface area contributed by atoms with Gasteiger partial charge in [-0.1, -0.05) is 35.9 Å². The van der Waals surface area contributed by atoms with Crippen LogP contribution in [0.4, 0.5) is 4.39 Å². The average Bonchev–Trinajstić information content (AvgIpc) is 3.87. The van der Waals surface area contributed by atoms with Gasteiger partial charge in [-0.25, -0.2) is 9.18 Å². The molecule has 6 aromatic rings. The van der Waals surface area contributed by atoms with Crippen molar-refractivity contribution in [3.8, 4) is 22.6 Å². The third-order valence-corrected chi connectivity index (χ3v) is 13.8. The van der Waals surface area contributed by atoms with Crippen molar-refractivity contribution in [2.24, 2.45) is 7.05 Å². The molecule has 366 valence electrons. The molecule has 2 fully saturated rings. The molecule has 1 unspecified atom stereocenters. The Morgan fingerprint density at radius 1 is 0.829 bits per heavy atom. The number of hydrogen-bond acceptors (Lipinski definition) is 11. The minimum Gasteiger partial charge on any atom is -0.493 e. The van der Waals surface area contributed by atoms with Crippen molar-refractivity contribution in [3.63, 3.8) is 0 Å². The molecule has 0 bridgehead atoms. The number of amides is 4. The molecule has 15 nitrogen and oxygen atoms in total. The van der Waals surface area contributed by atoms with Crippen molar-refractivity contribution in [2.45, 2.75) is 78.5 Å². The van der Waals surface area contributed by atoms with Crippen molar-refractivity contribution >= 4 is 62.9 Å². The van der Waals surface area contributed by atoms with Crippen LogP contribution in [0, 0.1) is 19.7 Å². The second kappa shape index (κ2) is 19.6. The molecule has 2 aromatic heterocycles. The highest BCUT2D eigenvalue weighted by atomic mass is 35.5.